The molecule has 15 heavy (non-hydrogen) atoms. The van der Waals surface area contributed by atoms with Crippen LogP contribution in [0.25, 0.3) is 11.1 Å². The van der Waals surface area contributed by atoms with Crippen LogP contribution in [0.15, 0.2) is 42.5 Å². The first-order valence-corrected chi connectivity index (χ1v) is 5.23. The summed E-state index contributed by atoms with van der Waals surface area (Å²) in [5, 5.41) is 1.22. The Morgan fingerprint density at radius 1 is 0.867 bits per heavy atom. The molecule has 0 saturated carbocycles. The number of anilines is 1. The molecular weight excluding hydrogens is 229 g/mol. The highest BCUT2D eigenvalue weighted by molar-refractivity contribution is 6.35. The van der Waals surface area contributed by atoms with Gasteiger partial charge in [-0.15, -0.1) is 0 Å². The van der Waals surface area contributed by atoms with Crippen molar-refractivity contribution >= 4 is 28.9 Å². The lowest BCUT2D eigenvalue weighted by Crippen LogP contribution is -1.89. The summed E-state index contributed by atoms with van der Waals surface area (Å²) in [6.07, 6.45) is 0. The molecule has 0 aliphatic rings. The van der Waals surface area contributed by atoms with Crippen LogP contribution in [0.4, 0.5) is 5.69 Å². The average Bonchev–Trinajstić information content (AvgIpc) is 2.16. The lowest BCUT2D eigenvalue weighted by Gasteiger charge is -2.06. The molecule has 0 heterocycles. The van der Waals surface area contributed by atoms with Gasteiger partial charge in [-0.1, -0.05) is 41.4 Å². The first-order chi connectivity index (χ1) is 7.16. The Kier molecular flexibility index (Phi) is 2.85. The molecule has 0 aliphatic carbocycles. The van der Waals surface area contributed by atoms with E-state index < -0.39 is 0 Å². The standard InChI is InChI=1S/C12H9Cl2N/c13-9-5-8(6-10(14)7-9)11-3-1-2-4-12(11)15/h1-7H,15H2. The van der Waals surface area contributed by atoms with Gasteiger partial charge in [-0.05, 0) is 29.8 Å². The summed E-state index contributed by atoms with van der Waals surface area (Å²) in [4.78, 5) is 0. The van der Waals surface area contributed by atoms with Crippen LogP contribution in [-0.4, -0.2) is 0 Å². The predicted octanol–water partition coefficient (Wildman–Crippen LogP) is 4.24. The second-order valence-corrected chi connectivity index (χ2v) is 4.12. The number of nitrogens with two attached hydrogens (primary N) is 1. The van der Waals surface area contributed by atoms with E-state index in [-0.39, 0.29) is 0 Å². The van der Waals surface area contributed by atoms with Crippen molar-refractivity contribution in [2.24, 2.45) is 0 Å². The maximum atomic E-state index is 5.93. The van der Waals surface area contributed by atoms with Gasteiger partial charge in [-0.3, -0.25) is 0 Å². The zero-order valence-electron chi connectivity index (χ0n) is 7.87. The van der Waals surface area contributed by atoms with E-state index in [9.17, 15) is 0 Å². The van der Waals surface area contributed by atoms with Gasteiger partial charge in [0.2, 0.25) is 0 Å². The van der Waals surface area contributed by atoms with E-state index in [1.54, 1.807) is 6.07 Å². The maximum Gasteiger partial charge on any atom is 0.0426 e. The lowest BCUT2D eigenvalue weighted by atomic mass is 10.0. The summed E-state index contributed by atoms with van der Waals surface area (Å²) in [7, 11) is 0. The number of hydrogen-bond donors (Lipinski definition) is 1. The highest BCUT2D eigenvalue weighted by Gasteiger charge is 2.03. The molecule has 0 atom stereocenters. The molecule has 2 N–H and O–H groups in total. The summed E-state index contributed by atoms with van der Waals surface area (Å²) in [6.45, 7) is 0. The highest BCUT2D eigenvalue weighted by Crippen LogP contribution is 2.30. The molecule has 0 amide bonds. The summed E-state index contributed by atoms with van der Waals surface area (Å²) >= 11 is 11.9. The third-order valence-electron chi connectivity index (χ3n) is 2.13. The fraction of sp³-hybridized carbons (Fsp3) is 0. The first-order valence-electron chi connectivity index (χ1n) is 4.48. The van der Waals surface area contributed by atoms with E-state index in [0.717, 1.165) is 16.8 Å². The molecule has 2 aromatic carbocycles. The van der Waals surface area contributed by atoms with Crippen LogP contribution >= 0.6 is 23.2 Å². The monoisotopic (exact) mass is 237 g/mol. The number of hydrogen-bond acceptors (Lipinski definition) is 1. The molecule has 2 rings (SSSR count). The fourth-order valence-corrected chi connectivity index (χ4v) is 2.00. The third kappa shape index (κ3) is 2.25. The zero-order valence-corrected chi connectivity index (χ0v) is 9.39. The Labute approximate surface area is 98.4 Å². The Balaban J connectivity index is 2.59. The summed E-state index contributed by atoms with van der Waals surface area (Å²) < 4.78 is 0. The summed E-state index contributed by atoms with van der Waals surface area (Å²) in [5.74, 6) is 0. The van der Waals surface area contributed by atoms with Crippen molar-refractivity contribution in [1.29, 1.82) is 0 Å². The van der Waals surface area contributed by atoms with Crippen LogP contribution in [0.3, 0.4) is 0 Å². The van der Waals surface area contributed by atoms with Gasteiger partial charge in [0.25, 0.3) is 0 Å². The van der Waals surface area contributed by atoms with E-state index in [2.05, 4.69) is 0 Å². The minimum absolute atomic E-state index is 0.612. The van der Waals surface area contributed by atoms with Crippen LogP contribution < -0.4 is 5.73 Å². The molecule has 0 fully saturated rings. The molecule has 1 nitrogen and oxygen atoms in total. The minimum Gasteiger partial charge on any atom is -0.398 e. The minimum atomic E-state index is 0.612. The molecule has 0 bridgehead atoms. The number of para-hydroxylation sites is 1. The molecule has 76 valence electrons. The van der Waals surface area contributed by atoms with Gasteiger partial charge in [0, 0.05) is 21.3 Å². The third-order valence-corrected chi connectivity index (χ3v) is 2.57. The quantitative estimate of drug-likeness (QED) is 0.738. The molecule has 0 aliphatic heterocycles. The predicted molar refractivity (Wildman–Crippen MR) is 66.3 cm³/mol. The lowest BCUT2D eigenvalue weighted by molar-refractivity contribution is 1.61. The van der Waals surface area contributed by atoms with Gasteiger partial charge < -0.3 is 5.73 Å². The molecule has 0 unspecified atom stereocenters. The topological polar surface area (TPSA) is 26.0 Å². The summed E-state index contributed by atoms with van der Waals surface area (Å²) in [5.41, 5.74) is 8.47. The van der Waals surface area contributed by atoms with Gasteiger partial charge in [-0.25, -0.2) is 0 Å². The number of benzene rings is 2. The van der Waals surface area contributed by atoms with Crippen molar-refractivity contribution in [3.8, 4) is 11.1 Å². The van der Waals surface area contributed by atoms with Crippen molar-refractivity contribution in [3.05, 3.63) is 52.5 Å². The van der Waals surface area contributed by atoms with Crippen molar-refractivity contribution in [1.82, 2.24) is 0 Å². The van der Waals surface area contributed by atoms with Gasteiger partial charge >= 0.3 is 0 Å². The van der Waals surface area contributed by atoms with E-state index in [4.69, 9.17) is 28.9 Å². The molecule has 0 radical (unpaired) electrons. The number of halogens is 2. The molecule has 2 aromatic rings. The maximum absolute atomic E-state index is 5.93. The molecule has 3 heteroatoms. The van der Waals surface area contributed by atoms with E-state index in [1.165, 1.54) is 0 Å². The van der Waals surface area contributed by atoms with E-state index >= 15 is 0 Å². The zero-order chi connectivity index (χ0) is 10.8. The van der Waals surface area contributed by atoms with Crippen molar-refractivity contribution in [2.75, 3.05) is 5.73 Å². The van der Waals surface area contributed by atoms with Crippen LogP contribution in [0.5, 0.6) is 0 Å². The van der Waals surface area contributed by atoms with E-state index in [1.807, 2.05) is 36.4 Å². The first kappa shape index (κ1) is 10.3. The van der Waals surface area contributed by atoms with Crippen molar-refractivity contribution in [3.63, 3.8) is 0 Å². The number of rotatable bonds is 1. The van der Waals surface area contributed by atoms with Gasteiger partial charge in [-0.2, -0.15) is 0 Å². The highest BCUT2D eigenvalue weighted by atomic mass is 35.5. The normalized spacial score (nSPS) is 10.3. The molecular formula is C12H9Cl2N. The largest absolute Gasteiger partial charge is 0.398 e. The van der Waals surface area contributed by atoms with Crippen LogP contribution in [0, 0.1) is 0 Å². The second kappa shape index (κ2) is 4.13. The second-order valence-electron chi connectivity index (χ2n) is 3.25. The van der Waals surface area contributed by atoms with Crippen molar-refractivity contribution in [2.45, 2.75) is 0 Å². The SMILES string of the molecule is Nc1ccccc1-c1cc(Cl)cc(Cl)c1. The van der Waals surface area contributed by atoms with Gasteiger partial charge in [0.15, 0.2) is 0 Å². The fourth-order valence-electron chi connectivity index (χ4n) is 1.47. The molecule has 0 saturated heterocycles. The van der Waals surface area contributed by atoms with Crippen LogP contribution in [0.2, 0.25) is 10.0 Å². The van der Waals surface area contributed by atoms with Crippen molar-refractivity contribution < 1.29 is 0 Å². The smallest absolute Gasteiger partial charge is 0.0426 e. The average molecular weight is 238 g/mol. The molecule has 0 spiro atoms. The summed E-state index contributed by atoms with van der Waals surface area (Å²) in [6, 6.07) is 13.0. The Bertz CT molecular complexity index is 474. The van der Waals surface area contributed by atoms with Crippen LogP contribution in [-0.2, 0) is 0 Å². The molecule has 0 aromatic heterocycles. The van der Waals surface area contributed by atoms with Crippen LogP contribution in [0.1, 0.15) is 0 Å². The Morgan fingerprint density at radius 2 is 1.47 bits per heavy atom. The van der Waals surface area contributed by atoms with E-state index in [0.29, 0.717) is 10.0 Å². The Hall–Kier alpha value is -1.18. The Morgan fingerprint density at radius 3 is 2.07 bits per heavy atom. The van der Waals surface area contributed by atoms with Gasteiger partial charge in [0.05, 0.1) is 0 Å². The van der Waals surface area contributed by atoms with Gasteiger partial charge in [0.1, 0.15) is 0 Å². The number of nitrogen functional groups attached to an aromatic ring is 1.